The van der Waals surface area contributed by atoms with Crippen LogP contribution < -0.4 is 10.2 Å². The lowest BCUT2D eigenvalue weighted by Gasteiger charge is -2.33. The van der Waals surface area contributed by atoms with Crippen molar-refractivity contribution in [2.75, 3.05) is 36.2 Å². The molecule has 10 heteroatoms. The summed E-state index contributed by atoms with van der Waals surface area (Å²) in [6.07, 6.45) is 2.91. The molecule has 1 N–H and O–H groups in total. The van der Waals surface area contributed by atoms with Crippen molar-refractivity contribution in [2.45, 2.75) is 31.2 Å². The predicted octanol–water partition coefficient (Wildman–Crippen LogP) is 3.56. The Labute approximate surface area is 192 Å². The van der Waals surface area contributed by atoms with Crippen LogP contribution in [-0.2, 0) is 19.4 Å². The first kappa shape index (κ1) is 24.0. The van der Waals surface area contributed by atoms with E-state index in [1.165, 1.54) is 6.07 Å². The third-order valence-corrected chi connectivity index (χ3v) is 6.46. The Balaban J connectivity index is 1.82. The molecule has 2 heterocycles. The van der Waals surface area contributed by atoms with Gasteiger partial charge in [-0.15, -0.1) is 0 Å². The molecule has 1 aliphatic heterocycles. The lowest BCUT2D eigenvalue weighted by atomic mass is 9.93. The number of halogens is 1. The van der Waals surface area contributed by atoms with E-state index < -0.39 is 9.84 Å². The number of hydrogen-bond donors (Lipinski definition) is 1. The van der Waals surface area contributed by atoms with Gasteiger partial charge in [0.2, 0.25) is 0 Å². The van der Waals surface area contributed by atoms with Gasteiger partial charge in [-0.1, -0.05) is 17.7 Å². The number of anilines is 2. The van der Waals surface area contributed by atoms with Gasteiger partial charge in [0.15, 0.2) is 20.7 Å². The lowest BCUT2D eigenvalue weighted by molar-refractivity contribution is -0.144. The summed E-state index contributed by atoms with van der Waals surface area (Å²) >= 11 is 5.99. The molecule has 1 aliphatic rings. The van der Waals surface area contributed by atoms with Crippen molar-refractivity contribution >= 4 is 44.8 Å². The van der Waals surface area contributed by atoms with Crippen LogP contribution in [0.1, 0.15) is 36.5 Å². The highest BCUT2D eigenvalue weighted by Gasteiger charge is 2.26. The SMILES string of the molecule is CCOC(=O)CC1CCN(c2nc(S(C)(=O)=O)ccc2NC(=O)c2cccc(Cl)c2)CC1. The molecule has 0 atom stereocenters. The Bertz CT molecular complexity index is 1100. The van der Waals surface area contributed by atoms with Crippen LogP contribution >= 0.6 is 11.6 Å². The Morgan fingerprint density at radius 2 is 1.94 bits per heavy atom. The zero-order valence-electron chi connectivity index (χ0n) is 18.0. The Hall–Kier alpha value is -2.65. The fourth-order valence-electron chi connectivity index (χ4n) is 3.60. The Morgan fingerprint density at radius 1 is 1.22 bits per heavy atom. The van der Waals surface area contributed by atoms with Crippen molar-refractivity contribution in [1.82, 2.24) is 4.98 Å². The summed E-state index contributed by atoms with van der Waals surface area (Å²) in [4.78, 5) is 30.8. The van der Waals surface area contributed by atoms with Crippen LogP contribution in [0.4, 0.5) is 11.5 Å². The third-order valence-electron chi connectivity index (χ3n) is 5.24. The Kier molecular flexibility index (Phi) is 7.73. The summed E-state index contributed by atoms with van der Waals surface area (Å²) in [5, 5.41) is 3.19. The number of piperidine rings is 1. The number of nitrogens with zero attached hydrogens (tertiary/aromatic N) is 2. The maximum Gasteiger partial charge on any atom is 0.306 e. The van der Waals surface area contributed by atoms with Crippen LogP contribution in [-0.4, -0.2) is 51.2 Å². The standard InChI is InChI=1S/C22H26ClN3O5S/c1-3-31-20(27)13-15-9-11-26(12-10-15)21-18(7-8-19(25-21)32(2,29)30)24-22(28)16-5-4-6-17(23)14-16/h4-8,14-15H,3,9-13H2,1-2H3,(H,24,28). The number of rotatable bonds is 7. The molecule has 172 valence electrons. The van der Waals surface area contributed by atoms with Crippen LogP contribution in [0, 0.1) is 5.92 Å². The smallest absolute Gasteiger partial charge is 0.306 e. The number of sulfone groups is 1. The summed E-state index contributed by atoms with van der Waals surface area (Å²) < 4.78 is 29.2. The molecule has 1 aromatic heterocycles. The molecule has 3 rings (SSSR count). The molecule has 0 unspecified atom stereocenters. The first-order valence-corrected chi connectivity index (χ1v) is 12.6. The van der Waals surface area contributed by atoms with E-state index in [2.05, 4.69) is 10.3 Å². The highest BCUT2D eigenvalue weighted by atomic mass is 35.5. The monoisotopic (exact) mass is 479 g/mol. The summed E-state index contributed by atoms with van der Waals surface area (Å²) in [6.45, 7) is 3.28. The van der Waals surface area contributed by atoms with Gasteiger partial charge in [0.1, 0.15) is 0 Å². The molecule has 1 saturated heterocycles. The second kappa shape index (κ2) is 10.3. The maximum absolute atomic E-state index is 12.7. The van der Waals surface area contributed by atoms with Crippen molar-refractivity contribution in [1.29, 1.82) is 0 Å². The first-order valence-electron chi connectivity index (χ1n) is 10.4. The molecular weight excluding hydrogens is 454 g/mol. The average Bonchev–Trinajstić information content (AvgIpc) is 2.74. The van der Waals surface area contributed by atoms with Crippen LogP contribution in [0.15, 0.2) is 41.4 Å². The summed E-state index contributed by atoms with van der Waals surface area (Å²) in [5.74, 6) is -0.0109. The van der Waals surface area contributed by atoms with Gasteiger partial charge in [-0.05, 0) is 56.0 Å². The minimum atomic E-state index is -3.53. The molecule has 1 fully saturated rings. The molecule has 0 spiro atoms. The number of carbonyl (C=O) groups is 2. The van der Waals surface area contributed by atoms with E-state index >= 15 is 0 Å². The van der Waals surface area contributed by atoms with Gasteiger partial charge in [-0.25, -0.2) is 13.4 Å². The van der Waals surface area contributed by atoms with Crippen molar-refractivity contribution in [3.05, 3.63) is 47.0 Å². The third kappa shape index (κ3) is 6.20. The van der Waals surface area contributed by atoms with Gasteiger partial charge < -0.3 is 15.0 Å². The lowest BCUT2D eigenvalue weighted by Crippen LogP contribution is -2.36. The van der Waals surface area contributed by atoms with Gasteiger partial charge in [0.05, 0.1) is 12.3 Å². The van der Waals surface area contributed by atoms with Gasteiger partial charge in [-0.3, -0.25) is 9.59 Å². The number of aromatic nitrogens is 1. The summed E-state index contributed by atoms with van der Waals surface area (Å²) in [5.41, 5.74) is 0.787. The summed E-state index contributed by atoms with van der Waals surface area (Å²) in [7, 11) is -3.53. The van der Waals surface area contributed by atoms with E-state index in [9.17, 15) is 18.0 Å². The first-order chi connectivity index (χ1) is 15.2. The highest BCUT2D eigenvalue weighted by Crippen LogP contribution is 2.31. The second-order valence-corrected chi connectivity index (χ2v) is 10.1. The van der Waals surface area contributed by atoms with E-state index in [-0.39, 0.29) is 22.8 Å². The van der Waals surface area contributed by atoms with Crippen molar-refractivity contribution in [3.63, 3.8) is 0 Å². The average molecular weight is 480 g/mol. The van der Waals surface area contributed by atoms with E-state index in [0.29, 0.717) is 48.2 Å². The maximum atomic E-state index is 12.7. The minimum absolute atomic E-state index is 0.0677. The quantitative estimate of drug-likeness (QED) is 0.605. The van der Waals surface area contributed by atoms with Gasteiger partial charge >= 0.3 is 5.97 Å². The number of pyridine rings is 1. The molecular formula is C22H26ClN3O5S. The number of carbonyl (C=O) groups excluding carboxylic acids is 2. The summed E-state index contributed by atoms with van der Waals surface area (Å²) in [6, 6.07) is 9.46. The molecule has 0 aliphatic carbocycles. The number of ether oxygens (including phenoxy) is 1. The fourth-order valence-corrected chi connectivity index (χ4v) is 4.36. The van der Waals surface area contributed by atoms with E-state index in [0.717, 1.165) is 19.1 Å². The number of hydrogen-bond acceptors (Lipinski definition) is 7. The minimum Gasteiger partial charge on any atom is -0.466 e. The van der Waals surface area contributed by atoms with Gasteiger partial charge in [-0.2, -0.15) is 0 Å². The predicted molar refractivity (Wildman–Crippen MR) is 123 cm³/mol. The van der Waals surface area contributed by atoms with Gasteiger partial charge in [0, 0.05) is 36.4 Å². The molecule has 0 bridgehead atoms. The molecule has 1 aromatic carbocycles. The number of amides is 1. The van der Waals surface area contributed by atoms with Crippen molar-refractivity contribution < 1.29 is 22.7 Å². The van der Waals surface area contributed by atoms with Crippen LogP contribution in [0.25, 0.3) is 0 Å². The number of esters is 1. The van der Waals surface area contributed by atoms with Crippen LogP contribution in [0.2, 0.25) is 5.02 Å². The second-order valence-electron chi connectivity index (χ2n) is 7.70. The zero-order valence-corrected chi connectivity index (χ0v) is 19.6. The van der Waals surface area contributed by atoms with Crippen LogP contribution in [0.3, 0.4) is 0 Å². The largest absolute Gasteiger partial charge is 0.466 e. The molecule has 0 saturated carbocycles. The normalized spacial score (nSPS) is 14.8. The fraction of sp³-hybridized carbons (Fsp3) is 0.409. The van der Waals surface area contributed by atoms with Gasteiger partial charge in [0.25, 0.3) is 5.91 Å². The Morgan fingerprint density at radius 3 is 2.56 bits per heavy atom. The molecule has 32 heavy (non-hydrogen) atoms. The highest BCUT2D eigenvalue weighted by molar-refractivity contribution is 7.90. The molecule has 8 nitrogen and oxygen atoms in total. The van der Waals surface area contributed by atoms with E-state index in [4.69, 9.17) is 16.3 Å². The molecule has 1 amide bonds. The molecule has 2 aromatic rings. The zero-order chi connectivity index (χ0) is 23.3. The van der Waals surface area contributed by atoms with Crippen LogP contribution in [0.5, 0.6) is 0 Å². The van der Waals surface area contributed by atoms with Crippen molar-refractivity contribution in [3.8, 4) is 0 Å². The van der Waals surface area contributed by atoms with Crippen molar-refractivity contribution in [2.24, 2.45) is 5.92 Å². The number of nitrogens with one attached hydrogen (secondary N) is 1. The van der Waals surface area contributed by atoms with E-state index in [1.807, 2.05) is 4.90 Å². The number of benzene rings is 1. The topological polar surface area (TPSA) is 106 Å². The molecule has 0 radical (unpaired) electrons. The van der Waals surface area contributed by atoms with E-state index in [1.54, 1.807) is 37.3 Å².